The first-order valence-electron chi connectivity index (χ1n) is 14.5. The number of amides is 2. The van der Waals surface area contributed by atoms with Gasteiger partial charge in [-0.2, -0.15) is 13.2 Å². The second-order valence-electron chi connectivity index (χ2n) is 10.4. The zero-order chi connectivity index (χ0) is 29.7. The van der Waals surface area contributed by atoms with Crippen LogP contribution in [0.2, 0.25) is 0 Å². The number of nitrogens with one attached hydrogen (secondary N) is 1. The Morgan fingerprint density at radius 1 is 1.02 bits per heavy atom. The van der Waals surface area contributed by atoms with Gasteiger partial charge < -0.3 is 24.8 Å². The van der Waals surface area contributed by atoms with Gasteiger partial charge >= 0.3 is 18.2 Å². The summed E-state index contributed by atoms with van der Waals surface area (Å²) in [6.07, 6.45) is 3.82. The van der Waals surface area contributed by atoms with Crippen LogP contribution in [0.25, 0.3) is 0 Å². The summed E-state index contributed by atoms with van der Waals surface area (Å²) in [6, 6.07) is 11.3. The van der Waals surface area contributed by atoms with E-state index in [1.807, 2.05) is 0 Å². The van der Waals surface area contributed by atoms with E-state index in [1.165, 1.54) is 55.2 Å². The van der Waals surface area contributed by atoms with Crippen LogP contribution >= 0.6 is 0 Å². The molecule has 1 aliphatic carbocycles. The Morgan fingerprint density at radius 2 is 1.73 bits per heavy atom. The minimum absolute atomic E-state index is 0.146. The number of hydrogen-bond acceptors (Lipinski definition) is 4. The number of halogens is 3. The molecule has 10 heteroatoms. The van der Waals surface area contributed by atoms with Gasteiger partial charge in [-0.15, -0.1) is 0 Å². The van der Waals surface area contributed by atoms with Gasteiger partial charge in [-0.05, 0) is 49.1 Å². The molecule has 226 valence electrons. The molecule has 1 atom stereocenters. The Morgan fingerprint density at radius 3 is 2.39 bits per heavy atom. The largest absolute Gasteiger partial charge is 0.492 e. The maximum atomic E-state index is 13.5. The molecule has 0 aromatic heterocycles. The molecule has 1 aliphatic rings. The van der Waals surface area contributed by atoms with Crippen LogP contribution in [0.5, 0.6) is 5.75 Å². The van der Waals surface area contributed by atoms with E-state index < -0.39 is 29.8 Å². The zero-order valence-corrected chi connectivity index (χ0v) is 23.6. The van der Waals surface area contributed by atoms with Crippen LogP contribution in [0, 0.1) is 5.92 Å². The first-order chi connectivity index (χ1) is 19.7. The van der Waals surface area contributed by atoms with Gasteiger partial charge in [-0.1, -0.05) is 69.2 Å². The summed E-state index contributed by atoms with van der Waals surface area (Å²) in [6.45, 7) is 2.78. The molecule has 0 aliphatic heterocycles. The smallest absolute Gasteiger partial charge is 0.418 e. The van der Waals surface area contributed by atoms with Crippen LogP contribution in [-0.2, 0) is 22.1 Å². The van der Waals surface area contributed by atoms with Gasteiger partial charge in [0.1, 0.15) is 12.4 Å². The lowest BCUT2D eigenvalue weighted by Crippen LogP contribution is -2.39. The van der Waals surface area contributed by atoms with Crippen molar-refractivity contribution >= 4 is 17.7 Å². The van der Waals surface area contributed by atoms with Crippen LogP contribution in [0.4, 0.5) is 23.7 Å². The average Bonchev–Trinajstić information content (AvgIpc) is 2.95. The zero-order valence-electron chi connectivity index (χ0n) is 23.6. The number of carboxylic acids is 1. The highest BCUT2D eigenvalue weighted by Gasteiger charge is 2.34. The number of urea groups is 1. The van der Waals surface area contributed by atoms with E-state index in [0.717, 1.165) is 36.8 Å². The predicted molar refractivity (Wildman–Crippen MR) is 151 cm³/mol. The van der Waals surface area contributed by atoms with Gasteiger partial charge in [0, 0.05) is 19.6 Å². The fourth-order valence-electron chi connectivity index (χ4n) is 5.19. The molecule has 3 rings (SSSR count). The third-order valence-electron chi connectivity index (χ3n) is 7.39. The molecule has 2 amide bonds. The summed E-state index contributed by atoms with van der Waals surface area (Å²) in [5, 5.41) is 11.7. The number of nitrogens with zero attached hydrogens (tertiary/aromatic N) is 1. The van der Waals surface area contributed by atoms with E-state index in [1.54, 1.807) is 31.2 Å². The van der Waals surface area contributed by atoms with E-state index in [4.69, 9.17) is 9.47 Å². The van der Waals surface area contributed by atoms with Crippen molar-refractivity contribution in [2.45, 2.75) is 77.0 Å². The SMILES string of the molecule is CCOC(Cc1ccc(OCCN(CCCCC2CCCCC2)C(=O)Nc2ccccc2C(F)(F)F)cc1)C(=O)O. The number of unbranched alkanes of at least 4 members (excludes halogenated alkanes) is 1. The van der Waals surface area contributed by atoms with Crippen LogP contribution < -0.4 is 10.1 Å². The standard InChI is InChI=1S/C31H41F3N2O5/c1-2-40-28(29(37)38)22-24-15-17-25(18-16-24)41-21-20-36(19-9-8-12-23-10-4-3-5-11-23)30(39)35-27-14-7-6-13-26(27)31(32,33)34/h6-7,13-18,23,28H,2-5,8-12,19-22H2,1H3,(H,35,39)(H,37,38). The van der Waals surface area contributed by atoms with Gasteiger partial charge in [0.15, 0.2) is 6.10 Å². The molecule has 41 heavy (non-hydrogen) atoms. The monoisotopic (exact) mass is 578 g/mol. The molecule has 0 radical (unpaired) electrons. The van der Waals surface area contributed by atoms with Crippen molar-refractivity contribution in [1.29, 1.82) is 0 Å². The Hall–Kier alpha value is -3.27. The second-order valence-corrected chi connectivity index (χ2v) is 10.4. The van der Waals surface area contributed by atoms with Crippen molar-refractivity contribution in [3.8, 4) is 5.75 Å². The number of para-hydroxylation sites is 1. The number of aliphatic carboxylic acids is 1. The Balaban J connectivity index is 1.58. The highest BCUT2D eigenvalue weighted by molar-refractivity contribution is 5.90. The summed E-state index contributed by atoms with van der Waals surface area (Å²) >= 11 is 0. The Kier molecular flexibility index (Phi) is 12.8. The van der Waals surface area contributed by atoms with Crippen LogP contribution in [0.1, 0.15) is 69.4 Å². The molecule has 0 saturated heterocycles. The van der Waals surface area contributed by atoms with Crippen LogP contribution in [0.15, 0.2) is 48.5 Å². The molecule has 1 fully saturated rings. The summed E-state index contributed by atoms with van der Waals surface area (Å²) in [5.74, 6) is 0.231. The quantitative estimate of drug-likeness (QED) is 0.215. The number of hydrogen-bond donors (Lipinski definition) is 2. The van der Waals surface area contributed by atoms with E-state index >= 15 is 0 Å². The van der Waals surface area contributed by atoms with Gasteiger partial charge in [-0.25, -0.2) is 9.59 Å². The average molecular weight is 579 g/mol. The molecular formula is C31H41F3N2O5. The summed E-state index contributed by atoms with van der Waals surface area (Å²) in [5.41, 5.74) is -0.391. The first kappa shape index (κ1) is 32.2. The molecule has 1 saturated carbocycles. The van der Waals surface area contributed by atoms with Crippen molar-refractivity contribution in [2.75, 3.05) is 31.6 Å². The highest BCUT2D eigenvalue weighted by Crippen LogP contribution is 2.34. The number of carbonyl (C=O) groups excluding carboxylic acids is 1. The number of anilines is 1. The highest BCUT2D eigenvalue weighted by atomic mass is 19.4. The van der Waals surface area contributed by atoms with Crippen LogP contribution in [-0.4, -0.2) is 54.4 Å². The fraction of sp³-hybridized carbons (Fsp3) is 0.548. The number of alkyl halides is 3. The minimum Gasteiger partial charge on any atom is -0.492 e. The topological polar surface area (TPSA) is 88.1 Å². The number of carbonyl (C=O) groups is 2. The van der Waals surface area contributed by atoms with E-state index in [2.05, 4.69) is 5.32 Å². The minimum atomic E-state index is -4.59. The molecule has 7 nitrogen and oxygen atoms in total. The molecule has 0 spiro atoms. The molecule has 2 N–H and O–H groups in total. The third-order valence-corrected chi connectivity index (χ3v) is 7.39. The van der Waals surface area contributed by atoms with Crippen molar-refractivity contribution in [3.05, 3.63) is 59.7 Å². The van der Waals surface area contributed by atoms with Gasteiger partial charge in [0.25, 0.3) is 0 Å². The van der Waals surface area contributed by atoms with Gasteiger partial charge in [0.2, 0.25) is 0 Å². The normalized spacial score (nSPS) is 14.8. The summed E-state index contributed by atoms with van der Waals surface area (Å²) < 4.78 is 51.5. The molecular weight excluding hydrogens is 537 g/mol. The van der Waals surface area contributed by atoms with Crippen molar-refractivity contribution in [1.82, 2.24) is 4.90 Å². The third kappa shape index (κ3) is 10.9. The lowest BCUT2D eigenvalue weighted by atomic mass is 9.86. The lowest BCUT2D eigenvalue weighted by molar-refractivity contribution is -0.150. The number of rotatable bonds is 15. The predicted octanol–water partition coefficient (Wildman–Crippen LogP) is 7.40. The fourth-order valence-corrected chi connectivity index (χ4v) is 5.19. The van der Waals surface area contributed by atoms with Crippen molar-refractivity contribution in [3.63, 3.8) is 0 Å². The van der Waals surface area contributed by atoms with Crippen LogP contribution in [0.3, 0.4) is 0 Å². The number of carboxylic acid groups (broad SMARTS) is 1. The van der Waals surface area contributed by atoms with E-state index in [-0.39, 0.29) is 25.3 Å². The molecule has 1 unspecified atom stereocenters. The first-order valence-corrected chi connectivity index (χ1v) is 14.5. The van der Waals surface area contributed by atoms with E-state index in [9.17, 15) is 27.9 Å². The van der Waals surface area contributed by atoms with E-state index in [0.29, 0.717) is 18.9 Å². The molecule has 0 bridgehead atoms. The van der Waals surface area contributed by atoms with Crippen molar-refractivity contribution in [2.24, 2.45) is 5.92 Å². The molecule has 0 heterocycles. The second kappa shape index (κ2) is 16.2. The summed E-state index contributed by atoms with van der Waals surface area (Å²) in [7, 11) is 0. The van der Waals surface area contributed by atoms with Gasteiger partial charge in [-0.3, -0.25) is 0 Å². The van der Waals surface area contributed by atoms with Crippen molar-refractivity contribution < 1.29 is 37.3 Å². The molecule has 2 aromatic rings. The lowest BCUT2D eigenvalue weighted by Gasteiger charge is -2.25. The summed E-state index contributed by atoms with van der Waals surface area (Å²) in [4.78, 5) is 26.0. The Labute approximate surface area is 240 Å². The number of ether oxygens (including phenoxy) is 2. The number of benzene rings is 2. The van der Waals surface area contributed by atoms with Gasteiger partial charge in [0.05, 0.1) is 17.8 Å². The maximum absolute atomic E-state index is 13.5. The molecule has 2 aromatic carbocycles. The maximum Gasteiger partial charge on any atom is 0.418 e. The Bertz CT molecular complexity index is 1090.